The molecule has 9 heteroatoms. The van der Waals surface area contributed by atoms with Crippen molar-refractivity contribution in [1.29, 1.82) is 0 Å². The molecule has 1 aliphatic rings. The highest BCUT2D eigenvalue weighted by atomic mass is 16.5. The second kappa shape index (κ2) is 9.23. The summed E-state index contributed by atoms with van der Waals surface area (Å²) in [7, 11) is 4.70. The zero-order chi connectivity index (χ0) is 23.5. The minimum Gasteiger partial charge on any atom is -0.497 e. The molecule has 1 aromatic heterocycles. The van der Waals surface area contributed by atoms with Crippen LogP contribution < -0.4 is 14.2 Å². The van der Waals surface area contributed by atoms with E-state index in [2.05, 4.69) is 10.2 Å². The van der Waals surface area contributed by atoms with Gasteiger partial charge >= 0.3 is 5.97 Å². The lowest BCUT2D eigenvalue weighted by Gasteiger charge is -2.22. The van der Waals surface area contributed by atoms with Gasteiger partial charge in [0.2, 0.25) is 5.88 Å². The van der Waals surface area contributed by atoms with E-state index in [0.29, 0.717) is 41.6 Å². The van der Waals surface area contributed by atoms with Crippen molar-refractivity contribution in [2.45, 2.75) is 19.9 Å². The van der Waals surface area contributed by atoms with Crippen LogP contribution in [0, 0.1) is 0 Å². The number of azo groups is 1. The van der Waals surface area contributed by atoms with Crippen molar-refractivity contribution in [1.82, 2.24) is 4.57 Å². The van der Waals surface area contributed by atoms with Gasteiger partial charge in [-0.05, 0) is 55.3 Å². The molecule has 0 saturated carbocycles. The van der Waals surface area contributed by atoms with Crippen LogP contribution in [0.5, 0.6) is 23.1 Å². The number of carbonyl (C=O) groups excluding carboxylic acids is 1. The smallest absolute Gasteiger partial charge is 0.342 e. The molecule has 1 aliphatic heterocycles. The van der Waals surface area contributed by atoms with Gasteiger partial charge in [0.15, 0.2) is 17.2 Å². The minimum absolute atomic E-state index is 0.0573. The largest absolute Gasteiger partial charge is 0.497 e. The maximum atomic E-state index is 13.0. The number of carbonyl (C=O) groups is 1. The zero-order valence-corrected chi connectivity index (χ0v) is 18.9. The molecule has 0 amide bonds. The quantitative estimate of drug-likeness (QED) is 0.399. The topological polar surface area (TPSA) is 104 Å². The van der Waals surface area contributed by atoms with Gasteiger partial charge in [0.25, 0.3) is 0 Å². The fourth-order valence-electron chi connectivity index (χ4n) is 3.92. The Morgan fingerprint density at radius 2 is 1.73 bits per heavy atom. The highest BCUT2D eigenvalue weighted by Gasteiger charge is 2.33. The SMILES string of the molecule is CCOC(=O)c1c(N=Nc2ccc(OC)cc2)c(O)n2c1-c1cc(OC)c(OC)cc1CC2. The van der Waals surface area contributed by atoms with Crippen LogP contribution in [-0.4, -0.2) is 43.6 Å². The lowest BCUT2D eigenvalue weighted by Crippen LogP contribution is -2.14. The zero-order valence-electron chi connectivity index (χ0n) is 18.9. The van der Waals surface area contributed by atoms with E-state index in [9.17, 15) is 9.90 Å². The van der Waals surface area contributed by atoms with E-state index >= 15 is 0 Å². The van der Waals surface area contributed by atoms with Gasteiger partial charge in [0.1, 0.15) is 11.3 Å². The first-order valence-corrected chi connectivity index (χ1v) is 10.5. The lowest BCUT2D eigenvalue weighted by atomic mass is 9.95. The number of aromatic hydroxyl groups is 1. The summed E-state index contributed by atoms with van der Waals surface area (Å²) in [5.74, 6) is 1.06. The summed E-state index contributed by atoms with van der Waals surface area (Å²) in [5, 5.41) is 19.5. The first-order valence-electron chi connectivity index (χ1n) is 10.5. The van der Waals surface area contributed by atoms with Crippen LogP contribution in [0.4, 0.5) is 11.4 Å². The minimum atomic E-state index is -0.590. The molecule has 4 rings (SSSR count). The molecular weight excluding hydrogens is 426 g/mol. The number of fused-ring (bicyclic) bond motifs is 3. The standard InChI is InChI=1S/C24H25N3O6/c1-5-33-24(29)20-21(26-25-15-6-8-16(30-2)9-7-15)23(28)27-11-10-14-12-18(31-3)19(32-4)13-17(14)22(20)27/h6-9,12-13,28H,5,10-11H2,1-4H3. The summed E-state index contributed by atoms with van der Waals surface area (Å²) in [4.78, 5) is 13.0. The molecule has 0 saturated heterocycles. The van der Waals surface area contributed by atoms with Gasteiger partial charge in [-0.1, -0.05) is 0 Å². The number of methoxy groups -OCH3 is 3. The number of ether oxygens (including phenoxy) is 4. The van der Waals surface area contributed by atoms with Crippen LogP contribution in [0.25, 0.3) is 11.3 Å². The second-order valence-corrected chi connectivity index (χ2v) is 7.28. The molecule has 172 valence electrons. The van der Waals surface area contributed by atoms with Crippen LogP contribution in [0.1, 0.15) is 22.8 Å². The predicted molar refractivity (Wildman–Crippen MR) is 121 cm³/mol. The summed E-state index contributed by atoms with van der Waals surface area (Å²) in [5.41, 5.74) is 2.96. The summed E-state index contributed by atoms with van der Waals surface area (Å²) < 4.78 is 23.0. The Balaban J connectivity index is 1.89. The fraction of sp³-hybridized carbons (Fsp3) is 0.292. The van der Waals surface area contributed by atoms with Crippen molar-refractivity contribution in [3.05, 3.63) is 47.5 Å². The van der Waals surface area contributed by atoms with Gasteiger partial charge in [-0.25, -0.2) is 4.79 Å². The van der Waals surface area contributed by atoms with Gasteiger partial charge in [0, 0.05) is 12.1 Å². The highest BCUT2D eigenvalue weighted by molar-refractivity contribution is 6.04. The Morgan fingerprint density at radius 3 is 2.36 bits per heavy atom. The maximum Gasteiger partial charge on any atom is 0.342 e. The molecule has 0 unspecified atom stereocenters. The molecule has 0 aliphatic carbocycles. The number of aromatic nitrogens is 1. The molecule has 2 aromatic carbocycles. The fourth-order valence-corrected chi connectivity index (χ4v) is 3.92. The summed E-state index contributed by atoms with van der Waals surface area (Å²) in [6.07, 6.45) is 0.627. The van der Waals surface area contributed by atoms with Crippen LogP contribution in [0.2, 0.25) is 0 Å². The number of hydrogen-bond acceptors (Lipinski definition) is 8. The first kappa shape index (κ1) is 22.2. The predicted octanol–water partition coefficient (Wildman–Crippen LogP) is 5.03. The molecule has 33 heavy (non-hydrogen) atoms. The third-order valence-electron chi connectivity index (χ3n) is 5.50. The Kier molecular flexibility index (Phi) is 6.21. The summed E-state index contributed by atoms with van der Waals surface area (Å²) in [6.45, 7) is 2.35. The first-order chi connectivity index (χ1) is 16.0. The Hall–Kier alpha value is -4.01. The lowest BCUT2D eigenvalue weighted by molar-refractivity contribution is 0.0528. The van der Waals surface area contributed by atoms with E-state index in [-0.39, 0.29) is 23.7 Å². The second-order valence-electron chi connectivity index (χ2n) is 7.28. The van der Waals surface area contributed by atoms with Crippen LogP contribution >= 0.6 is 0 Å². The monoisotopic (exact) mass is 451 g/mol. The number of benzene rings is 2. The summed E-state index contributed by atoms with van der Waals surface area (Å²) in [6, 6.07) is 10.6. The normalized spacial score (nSPS) is 12.2. The molecule has 0 spiro atoms. The van der Waals surface area contributed by atoms with Crippen LogP contribution in [0.3, 0.4) is 0 Å². The van der Waals surface area contributed by atoms with E-state index in [1.54, 1.807) is 63.2 Å². The van der Waals surface area contributed by atoms with Crippen molar-refractivity contribution < 1.29 is 28.8 Å². The van der Waals surface area contributed by atoms with Gasteiger partial charge in [-0.3, -0.25) is 0 Å². The number of hydrogen-bond donors (Lipinski definition) is 1. The molecule has 0 bridgehead atoms. The van der Waals surface area contributed by atoms with E-state index in [1.807, 2.05) is 6.07 Å². The van der Waals surface area contributed by atoms with Crippen LogP contribution in [0.15, 0.2) is 46.6 Å². The third kappa shape index (κ3) is 3.97. The Bertz CT molecular complexity index is 1210. The molecule has 0 atom stereocenters. The van der Waals surface area contributed by atoms with Gasteiger partial charge < -0.3 is 28.6 Å². The Labute approximate surface area is 191 Å². The number of nitrogens with zero attached hydrogens (tertiary/aromatic N) is 3. The van der Waals surface area contributed by atoms with Crippen molar-refractivity contribution >= 4 is 17.3 Å². The van der Waals surface area contributed by atoms with E-state index < -0.39 is 5.97 Å². The number of esters is 1. The average Bonchev–Trinajstić information content (AvgIpc) is 3.14. The molecular formula is C24H25N3O6. The van der Waals surface area contributed by atoms with Crippen molar-refractivity contribution in [3.8, 4) is 34.4 Å². The van der Waals surface area contributed by atoms with Crippen LogP contribution in [-0.2, 0) is 17.7 Å². The molecule has 2 heterocycles. The van der Waals surface area contributed by atoms with Gasteiger partial charge in [-0.15, -0.1) is 5.11 Å². The van der Waals surface area contributed by atoms with E-state index in [0.717, 1.165) is 11.1 Å². The van der Waals surface area contributed by atoms with Crippen molar-refractivity contribution in [2.75, 3.05) is 27.9 Å². The summed E-state index contributed by atoms with van der Waals surface area (Å²) >= 11 is 0. The molecule has 9 nitrogen and oxygen atoms in total. The van der Waals surface area contributed by atoms with E-state index in [1.165, 1.54) is 0 Å². The number of rotatable bonds is 7. The van der Waals surface area contributed by atoms with Crippen molar-refractivity contribution in [3.63, 3.8) is 0 Å². The van der Waals surface area contributed by atoms with Gasteiger partial charge in [0.05, 0.1) is 39.3 Å². The third-order valence-corrected chi connectivity index (χ3v) is 5.50. The van der Waals surface area contributed by atoms with Gasteiger partial charge in [-0.2, -0.15) is 5.11 Å². The highest BCUT2D eigenvalue weighted by Crippen LogP contribution is 2.48. The van der Waals surface area contributed by atoms with Crippen molar-refractivity contribution in [2.24, 2.45) is 10.2 Å². The maximum absolute atomic E-state index is 13.0. The molecule has 0 radical (unpaired) electrons. The molecule has 0 fully saturated rings. The molecule has 3 aromatic rings. The number of aryl methyl sites for hydroxylation is 1. The Morgan fingerprint density at radius 1 is 1.03 bits per heavy atom. The average molecular weight is 451 g/mol. The van der Waals surface area contributed by atoms with E-state index in [4.69, 9.17) is 18.9 Å². The molecule has 1 N–H and O–H groups in total.